The zero-order chi connectivity index (χ0) is 17.4. The third-order valence-corrected chi connectivity index (χ3v) is 6.49. The molecule has 0 aliphatic carbocycles. The fourth-order valence-corrected chi connectivity index (χ4v) is 4.97. The second-order valence-corrected chi connectivity index (χ2v) is 8.67. The van der Waals surface area contributed by atoms with Crippen molar-refractivity contribution in [2.24, 2.45) is 0 Å². The average molecular weight is 408 g/mol. The van der Waals surface area contributed by atoms with Crippen LogP contribution in [-0.4, -0.2) is 15.3 Å². The predicted octanol–water partition coefficient (Wildman–Crippen LogP) is 4.13. The van der Waals surface area contributed by atoms with Crippen molar-refractivity contribution in [2.75, 3.05) is 0 Å². The summed E-state index contributed by atoms with van der Waals surface area (Å²) < 4.78 is 2.10. The molecule has 0 saturated carbocycles. The van der Waals surface area contributed by atoms with Gasteiger partial charge < -0.3 is 5.32 Å². The largest absolute Gasteiger partial charge is 0.347 e. The molecule has 0 aromatic carbocycles. The van der Waals surface area contributed by atoms with E-state index < -0.39 is 5.91 Å². The van der Waals surface area contributed by atoms with Crippen LogP contribution in [0.2, 0.25) is 4.34 Å². The van der Waals surface area contributed by atoms with Crippen LogP contribution in [-0.2, 0) is 6.54 Å². The lowest BCUT2D eigenvalue weighted by atomic mass is 10.3. The first-order valence-electron chi connectivity index (χ1n) is 7.19. The first-order chi connectivity index (χ1) is 12.1. The van der Waals surface area contributed by atoms with Gasteiger partial charge in [0.2, 0.25) is 0 Å². The van der Waals surface area contributed by atoms with Crippen molar-refractivity contribution in [3.8, 4) is 10.6 Å². The summed E-state index contributed by atoms with van der Waals surface area (Å²) in [5.41, 5.74) is 0.341. The van der Waals surface area contributed by atoms with Crippen molar-refractivity contribution in [3.63, 3.8) is 0 Å². The van der Waals surface area contributed by atoms with Gasteiger partial charge in [-0.25, -0.2) is 9.38 Å². The molecule has 0 atom stereocenters. The maximum Gasteiger partial charge on any atom is 0.271 e. The smallest absolute Gasteiger partial charge is 0.271 e. The van der Waals surface area contributed by atoms with E-state index in [1.54, 1.807) is 17.4 Å². The molecule has 4 aromatic rings. The zero-order valence-electron chi connectivity index (χ0n) is 12.6. The lowest BCUT2D eigenvalue weighted by molar-refractivity contribution is 0.0949. The number of thiazole rings is 1. The normalized spacial score (nSPS) is 11.1. The van der Waals surface area contributed by atoms with Gasteiger partial charge in [0.1, 0.15) is 5.56 Å². The number of rotatable bonds is 4. The van der Waals surface area contributed by atoms with E-state index in [1.807, 2.05) is 29.0 Å². The molecule has 0 bridgehead atoms. The van der Waals surface area contributed by atoms with Gasteiger partial charge in [-0.05, 0) is 23.6 Å². The molecular formula is C16H10ClN3O2S3. The van der Waals surface area contributed by atoms with E-state index in [2.05, 4.69) is 10.3 Å². The van der Waals surface area contributed by atoms with Crippen LogP contribution in [0.25, 0.3) is 15.5 Å². The molecule has 0 spiro atoms. The fourth-order valence-electron chi connectivity index (χ4n) is 2.35. The lowest BCUT2D eigenvalue weighted by Gasteiger charge is -2.04. The van der Waals surface area contributed by atoms with Crippen molar-refractivity contribution < 1.29 is 4.79 Å². The van der Waals surface area contributed by atoms with Gasteiger partial charge >= 0.3 is 0 Å². The Kier molecular flexibility index (Phi) is 4.43. The van der Waals surface area contributed by atoms with E-state index in [0.29, 0.717) is 21.5 Å². The molecule has 0 unspecified atom stereocenters. The maximum absolute atomic E-state index is 12.8. The van der Waals surface area contributed by atoms with E-state index in [-0.39, 0.29) is 11.1 Å². The number of fused-ring (bicyclic) bond motifs is 1. The van der Waals surface area contributed by atoms with E-state index in [0.717, 1.165) is 9.75 Å². The molecule has 1 amide bonds. The molecule has 0 saturated heterocycles. The molecule has 4 heterocycles. The Labute approximate surface area is 159 Å². The molecule has 0 aliphatic rings. The summed E-state index contributed by atoms with van der Waals surface area (Å²) in [6.07, 6.45) is 1.34. The van der Waals surface area contributed by atoms with Crippen molar-refractivity contribution >= 4 is 56.5 Å². The topological polar surface area (TPSA) is 63.5 Å². The molecule has 0 radical (unpaired) electrons. The van der Waals surface area contributed by atoms with Crippen molar-refractivity contribution in [1.82, 2.24) is 14.7 Å². The van der Waals surface area contributed by atoms with Gasteiger partial charge in [-0.3, -0.25) is 9.59 Å². The average Bonchev–Trinajstić information content (AvgIpc) is 3.33. The highest BCUT2D eigenvalue weighted by Gasteiger charge is 2.17. The number of aromatic nitrogens is 2. The molecule has 5 nitrogen and oxygen atoms in total. The molecule has 4 rings (SSSR count). The predicted molar refractivity (Wildman–Crippen MR) is 103 cm³/mol. The second kappa shape index (κ2) is 6.72. The summed E-state index contributed by atoms with van der Waals surface area (Å²) in [5, 5.41) is 6.55. The second-order valence-electron chi connectivity index (χ2n) is 5.08. The number of hydrogen-bond acceptors (Lipinski definition) is 6. The maximum atomic E-state index is 12.8. The molecule has 9 heteroatoms. The number of hydrogen-bond donors (Lipinski definition) is 1. The summed E-state index contributed by atoms with van der Waals surface area (Å²) in [4.78, 5) is 31.9. The highest BCUT2D eigenvalue weighted by Crippen LogP contribution is 2.32. The minimum atomic E-state index is -0.429. The van der Waals surface area contributed by atoms with Gasteiger partial charge in [0.15, 0.2) is 4.96 Å². The van der Waals surface area contributed by atoms with E-state index in [9.17, 15) is 9.59 Å². The van der Waals surface area contributed by atoms with Gasteiger partial charge in [0, 0.05) is 16.5 Å². The van der Waals surface area contributed by atoms with Gasteiger partial charge in [0.25, 0.3) is 11.5 Å². The van der Waals surface area contributed by atoms with Crippen LogP contribution in [0.1, 0.15) is 15.2 Å². The Morgan fingerprint density at radius 3 is 2.88 bits per heavy atom. The van der Waals surface area contributed by atoms with Gasteiger partial charge in [-0.1, -0.05) is 17.7 Å². The number of halogens is 1. The van der Waals surface area contributed by atoms with Crippen molar-refractivity contribution in [3.05, 3.63) is 66.4 Å². The number of nitrogens with zero attached hydrogens (tertiary/aromatic N) is 2. The van der Waals surface area contributed by atoms with Crippen LogP contribution in [0, 0.1) is 0 Å². The standard InChI is InChI=1S/C16H10ClN3O2S3/c17-13-4-3-12(25-13)11-8-24-16-19-7-10(15(22)20(11)16)14(21)18-6-9-2-1-5-23-9/h1-5,7-8H,6H2,(H,18,21). The van der Waals surface area contributed by atoms with Crippen molar-refractivity contribution in [1.29, 1.82) is 0 Å². The third kappa shape index (κ3) is 3.13. The number of thiophene rings is 2. The Hall–Kier alpha value is -2.00. The summed E-state index contributed by atoms with van der Waals surface area (Å²) in [6.45, 7) is 0.385. The Balaban J connectivity index is 1.72. The van der Waals surface area contributed by atoms with Crippen LogP contribution in [0.4, 0.5) is 0 Å². The van der Waals surface area contributed by atoms with E-state index in [4.69, 9.17) is 11.6 Å². The van der Waals surface area contributed by atoms with Gasteiger partial charge in [-0.15, -0.1) is 34.0 Å². The molecule has 25 heavy (non-hydrogen) atoms. The van der Waals surface area contributed by atoms with Crippen LogP contribution >= 0.6 is 45.6 Å². The number of carbonyl (C=O) groups excluding carboxylic acids is 1. The van der Waals surface area contributed by atoms with Crippen molar-refractivity contribution in [2.45, 2.75) is 6.54 Å². The van der Waals surface area contributed by atoms with Gasteiger partial charge in [-0.2, -0.15) is 0 Å². The fraction of sp³-hybridized carbons (Fsp3) is 0.0625. The minimum absolute atomic E-state index is 0.0244. The van der Waals surface area contributed by atoms with E-state index >= 15 is 0 Å². The third-order valence-electron chi connectivity index (χ3n) is 3.52. The van der Waals surface area contributed by atoms with Crippen LogP contribution in [0.15, 0.2) is 46.0 Å². The number of nitrogens with one attached hydrogen (secondary N) is 1. The molecule has 0 aliphatic heterocycles. The molecule has 1 N–H and O–H groups in total. The van der Waals surface area contributed by atoms with E-state index in [1.165, 1.54) is 33.3 Å². The van der Waals surface area contributed by atoms with Crippen LogP contribution in [0.3, 0.4) is 0 Å². The van der Waals surface area contributed by atoms with Gasteiger partial charge in [0.05, 0.1) is 21.5 Å². The van der Waals surface area contributed by atoms with Crippen LogP contribution in [0.5, 0.6) is 0 Å². The monoisotopic (exact) mass is 407 g/mol. The molecule has 4 aromatic heterocycles. The highest BCUT2D eigenvalue weighted by molar-refractivity contribution is 7.20. The van der Waals surface area contributed by atoms with Crippen LogP contribution < -0.4 is 10.9 Å². The number of amides is 1. The summed E-state index contributed by atoms with van der Waals surface area (Å²) in [5.74, 6) is -0.429. The first-order valence-corrected chi connectivity index (χ1v) is 10.1. The minimum Gasteiger partial charge on any atom is -0.347 e. The number of carbonyl (C=O) groups is 1. The summed E-state index contributed by atoms with van der Waals surface area (Å²) in [7, 11) is 0. The first kappa shape index (κ1) is 16.5. The lowest BCUT2D eigenvalue weighted by Crippen LogP contribution is -2.31. The zero-order valence-corrected chi connectivity index (χ0v) is 15.8. The summed E-state index contributed by atoms with van der Waals surface area (Å²) in [6, 6.07) is 7.47. The quantitative estimate of drug-likeness (QED) is 0.553. The summed E-state index contributed by atoms with van der Waals surface area (Å²) >= 11 is 10.3. The Morgan fingerprint density at radius 2 is 2.16 bits per heavy atom. The molecular weight excluding hydrogens is 398 g/mol. The molecule has 0 fully saturated rings. The Morgan fingerprint density at radius 1 is 1.28 bits per heavy atom. The highest BCUT2D eigenvalue weighted by atomic mass is 35.5. The molecule has 126 valence electrons. The SMILES string of the molecule is O=C(NCc1cccs1)c1cnc2scc(-c3ccc(Cl)s3)n2c1=O. The Bertz CT molecular complexity index is 1110.